The van der Waals surface area contributed by atoms with Crippen molar-refractivity contribution in [3.8, 4) is 22.6 Å². The molecular weight excluding hydrogens is 781 g/mol. The molecule has 0 saturated carbocycles. The summed E-state index contributed by atoms with van der Waals surface area (Å²) in [5.41, 5.74) is 1.19. The molecule has 10 heteroatoms. The first-order valence-electron chi connectivity index (χ1n) is 18.4. The second-order valence-electron chi connectivity index (χ2n) is 12.6. The molecule has 0 heterocycles. The summed E-state index contributed by atoms with van der Waals surface area (Å²) < 4.78 is 24.1. The third-order valence-corrected chi connectivity index (χ3v) is 14.4. The number of halogens is 2. The summed E-state index contributed by atoms with van der Waals surface area (Å²) in [5, 5.41) is 6.58. The highest BCUT2D eigenvalue weighted by Crippen LogP contribution is 2.51. The largest absolute Gasteiger partial charge is 0.477 e. The van der Waals surface area contributed by atoms with Gasteiger partial charge in [-0.1, -0.05) is 157 Å². The maximum absolute atomic E-state index is 13.2. The van der Waals surface area contributed by atoms with Crippen LogP contribution in [-0.2, 0) is 19.1 Å². The van der Waals surface area contributed by atoms with E-state index in [0.29, 0.717) is 11.1 Å². The molecule has 0 bridgehead atoms. The summed E-state index contributed by atoms with van der Waals surface area (Å²) in [4.78, 5) is 26.5. The van der Waals surface area contributed by atoms with Gasteiger partial charge in [0.2, 0.25) is 0 Å². The Morgan fingerprint density at radius 1 is 0.482 bits per heavy atom. The molecule has 6 aromatic carbocycles. The van der Waals surface area contributed by atoms with Gasteiger partial charge >= 0.3 is 11.9 Å². The molecule has 6 nitrogen and oxygen atoms in total. The lowest BCUT2D eigenvalue weighted by Gasteiger charge is -2.30. The van der Waals surface area contributed by atoms with Crippen LogP contribution in [0.3, 0.4) is 0 Å². The fraction of sp³-hybridized carbons (Fsp3) is 0.174. The van der Waals surface area contributed by atoms with Gasteiger partial charge in [-0.25, -0.2) is 9.59 Å². The fourth-order valence-electron chi connectivity index (χ4n) is 6.31. The summed E-state index contributed by atoms with van der Waals surface area (Å²) in [6.07, 6.45) is -2.06. The second kappa shape index (κ2) is 19.4. The highest BCUT2D eigenvalue weighted by molar-refractivity contribution is 7.80. The molecule has 0 radical (unpaired) electrons. The molecule has 1 unspecified atom stereocenters. The first kappa shape index (κ1) is 40.9. The number of ether oxygens (including phenoxy) is 4. The molecule has 0 amide bonds. The molecule has 0 spiro atoms. The highest BCUT2D eigenvalue weighted by atomic mass is 35.5. The van der Waals surface area contributed by atoms with Crippen molar-refractivity contribution < 1.29 is 28.5 Å². The lowest BCUT2D eigenvalue weighted by atomic mass is 10.0. The molecular formula is C46H42Cl2O6P2. The first-order valence-corrected chi connectivity index (χ1v) is 21.8. The predicted octanol–water partition coefficient (Wildman–Crippen LogP) is 8.84. The van der Waals surface area contributed by atoms with Crippen LogP contribution in [0.1, 0.15) is 27.7 Å². The van der Waals surface area contributed by atoms with Crippen molar-refractivity contribution in [3.05, 3.63) is 156 Å². The summed E-state index contributed by atoms with van der Waals surface area (Å²) in [5.74, 6) is -0.555. The van der Waals surface area contributed by atoms with Crippen molar-refractivity contribution in [1.29, 1.82) is 0 Å². The van der Waals surface area contributed by atoms with E-state index in [9.17, 15) is 9.59 Å². The van der Waals surface area contributed by atoms with E-state index in [-0.39, 0.29) is 34.8 Å². The fourth-order valence-corrected chi connectivity index (χ4v) is 11.6. The number of carbonyl (C=O) groups is 2. The van der Waals surface area contributed by atoms with Crippen molar-refractivity contribution in [3.63, 3.8) is 0 Å². The third kappa shape index (κ3) is 9.28. The van der Waals surface area contributed by atoms with Crippen LogP contribution in [0, 0.1) is 0 Å². The van der Waals surface area contributed by atoms with E-state index < -0.39 is 40.0 Å². The quantitative estimate of drug-likeness (QED) is 0.0762. The Morgan fingerprint density at radius 3 is 1.04 bits per heavy atom. The van der Waals surface area contributed by atoms with E-state index in [1.165, 1.54) is 0 Å². The zero-order chi connectivity index (χ0) is 39.6. The molecule has 0 aliphatic rings. The van der Waals surface area contributed by atoms with E-state index >= 15 is 0 Å². The lowest BCUT2D eigenvalue weighted by molar-refractivity contribution is -0.151. The van der Waals surface area contributed by atoms with Gasteiger partial charge in [0.25, 0.3) is 0 Å². The third-order valence-electron chi connectivity index (χ3n) is 8.79. The summed E-state index contributed by atoms with van der Waals surface area (Å²) in [6, 6.07) is 48.7. The van der Waals surface area contributed by atoms with E-state index in [4.69, 9.17) is 42.1 Å². The van der Waals surface area contributed by atoms with Gasteiger partial charge in [-0.3, -0.25) is 0 Å². The average molecular weight is 824 g/mol. The molecule has 0 aromatic heterocycles. The van der Waals surface area contributed by atoms with E-state index in [1.807, 2.05) is 84.9 Å². The van der Waals surface area contributed by atoms with Crippen LogP contribution in [0.2, 0.25) is 10.0 Å². The minimum atomic E-state index is -1.30. The molecule has 2 atom stereocenters. The summed E-state index contributed by atoms with van der Waals surface area (Å²) in [6.45, 7) is 7.14. The number of hydrogen-bond acceptors (Lipinski definition) is 6. The topological polar surface area (TPSA) is 71.1 Å². The van der Waals surface area contributed by atoms with Gasteiger partial charge in [0.15, 0.2) is 12.2 Å². The van der Waals surface area contributed by atoms with Crippen LogP contribution in [0.15, 0.2) is 146 Å². The van der Waals surface area contributed by atoms with Crippen molar-refractivity contribution in [1.82, 2.24) is 0 Å². The SMILES string of the molecule is CCOC(=O)C(C)Oc1c(Cl)ccc(P(c2ccccc2)c2ccccc2)c1-c1c(P(c2ccccc2)c2ccccc2)ccc(Cl)c1O[C@@H](C)C(=O)OCC. The second-order valence-corrected chi connectivity index (χ2v) is 17.8. The molecule has 0 N–H and O–H groups in total. The van der Waals surface area contributed by atoms with Crippen molar-refractivity contribution in [2.24, 2.45) is 0 Å². The van der Waals surface area contributed by atoms with Gasteiger partial charge in [-0.2, -0.15) is 0 Å². The Kier molecular flexibility index (Phi) is 14.2. The van der Waals surface area contributed by atoms with Crippen molar-refractivity contribution in [2.45, 2.75) is 39.9 Å². The minimum absolute atomic E-state index is 0.182. The van der Waals surface area contributed by atoms with Crippen LogP contribution in [0.4, 0.5) is 0 Å². The van der Waals surface area contributed by atoms with E-state index in [2.05, 4.69) is 48.5 Å². The number of benzene rings is 6. The van der Waals surface area contributed by atoms with E-state index in [1.54, 1.807) is 39.8 Å². The molecule has 0 aliphatic heterocycles. The standard InChI is InChI=1S/C46H42Cl2O6P2/c1-5-51-45(49)31(3)53-43-37(47)27-29-39(55(33-19-11-7-12-20-33)34-21-13-8-14-22-34)41(43)42-40(30-28-38(48)44(42)54-32(4)46(50)52-6-2)56(35-23-15-9-16-24-35)36-25-17-10-18-26-36/h7-32H,5-6H2,1-4H3/t31-,32?/m0/s1. The van der Waals surface area contributed by atoms with Gasteiger partial charge < -0.3 is 18.9 Å². The average Bonchev–Trinajstić information content (AvgIpc) is 3.22. The first-order chi connectivity index (χ1) is 27.2. The van der Waals surface area contributed by atoms with E-state index in [0.717, 1.165) is 31.8 Å². The molecule has 0 aliphatic carbocycles. The van der Waals surface area contributed by atoms with Crippen LogP contribution >= 0.6 is 39.0 Å². The van der Waals surface area contributed by atoms with Gasteiger partial charge in [0.05, 0.1) is 23.3 Å². The minimum Gasteiger partial charge on any atom is -0.477 e. The van der Waals surface area contributed by atoms with Gasteiger partial charge in [-0.15, -0.1) is 0 Å². The highest BCUT2D eigenvalue weighted by Gasteiger charge is 2.34. The lowest BCUT2D eigenvalue weighted by Crippen LogP contribution is -2.31. The molecule has 6 aromatic rings. The monoisotopic (exact) mass is 822 g/mol. The maximum Gasteiger partial charge on any atom is 0.347 e. The van der Waals surface area contributed by atoms with Gasteiger partial charge in [0, 0.05) is 11.1 Å². The Bertz CT molecular complexity index is 2000. The van der Waals surface area contributed by atoms with Crippen molar-refractivity contribution >= 4 is 82.8 Å². The normalized spacial score (nSPS) is 12.2. The number of carbonyl (C=O) groups excluding carboxylic acids is 2. The van der Waals surface area contributed by atoms with Crippen LogP contribution in [-0.4, -0.2) is 37.4 Å². The van der Waals surface area contributed by atoms with Crippen molar-refractivity contribution in [2.75, 3.05) is 13.2 Å². The summed E-state index contributed by atoms with van der Waals surface area (Å²) in [7, 11) is -2.61. The Morgan fingerprint density at radius 2 is 0.768 bits per heavy atom. The predicted molar refractivity (Wildman–Crippen MR) is 233 cm³/mol. The maximum atomic E-state index is 13.2. The molecule has 0 saturated heterocycles. The Hall–Kier alpha value is -4.70. The smallest absolute Gasteiger partial charge is 0.347 e. The molecule has 0 fully saturated rings. The van der Waals surface area contributed by atoms with Crippen LogP contribution < -0.4 is 41.3 Å². The van der Waals surface area contributed by atoms with Crippen LogP contribution in [0.5, 0.6) is 11.5 Å². The van der Waals surface area contributed by atoms with Crippen LogP contribution in [0.25, 0.3) is 11.1 Å². The zero-order valence-electron chi connectivity index (χ0n) is 31.5. The molecule has 286 valence electrons. The number of hydrogen-bond donors (Lipinski definition) is 0. The van der Waals surface area contributed by atoms with Gasteiger partial charge in [0.1, 0.15) is 11.5 Å². The Balaban J connectivity index is 1.78. The number of esters is 2. The van der Waals surface area contributed by atoms with Gasteiger partial charge in [-0.05, 0) is 87.5 Å². The molecule has 6 rings (SSSR count). The summed E-state index contributed by atoms with van der Waals surface area (Å²) >= 11 is 14.4. The Labute approximate surface area is 341 Å². The molecule has 56 heavy (non-hydrogen) atoms. The number of rotatable bonds is 15. The zero-order valence-corrected chi connectivity index (χ0v) is 34.8.